The smallest absolute Gasteiger partial charge is 0.230 e. The highest BCUT2D eigenvalue weighted by molar-refractivity contribution is 5.89. The van der Waals surface area contributed by atoms with Gasteiger partial charge in [0, 0.05) is 13.1 Å². The molecule has 0 unspecified atom stereocenters. The maximum absolute atomic E-state index is 12.6. The maximum atomic E-state index is 12.6. The third-order valence-corrected chi connectivity index (χ3v) is 4.30. The largest absolute Gasteiger partial charge is 0.497 e. The van der Waals surface area contributed by atoms with Crippen LogP contribution in [0.15, 0.2) is 24.3 Å². The van der Waals surface area contributed by atoms with Crippen molar-refractivity contribution < 1.29 is 9.53 Å². The fraction of sp³-hybridized carbons (Fsp3) is 0.588. The quantitative estimate of drug-likeness (QED) is 0.722. The Balaban J connectivity index is 0.00000242. The number of methoxy groups -OCH3 is 1. The van der Waals surface area contributed by atoms with Crippen molar-refractivity contribution in [3.05, 3.63) is 29.8 Å². The number of carbonyl (C=O) groups is 1. The number of rotatable bonds is 8. The first-order chi connectivity index (χ1) is 10.2. The van der Waals surface area contributed by atoms with E-state index >= 15 is 0 Å². The first-order valence-electron chi connectivity index (χ1n) is 7.86. The summed E-state index contributed by atoms with van der Waals surface area (Å²) in [4.78, 5) is 12.6. The summed E-state index contributed by atoms with van der Waals surface area (Å²) in [7, 11) is 1.66. The zero-order chi connectivity index (χ0) is 15.1. The van der Waals surface area contributed by atoms with Gasteiger partial charge in [0.25, 0.3) is 0 Å². The van der Waals surface area contributed by atoms with Gasteiger partial charge in [-0.2, -0.15) is 0 Å². The number of ether oxygens (including phenoxy) is 1. The van der Waals surface area contributed by atoms with Crippen LogP contribution >= 0.6 is 12.4 Å². The Labute approximate surface area is 139 Å². The SMILES string of the molecule is CCCNCCNC(=O)C1(c2ccc(OC)cc2)CCC1.Cl. The molecule has 4 nitrogen and oxygen atoms in total. The number of benzene rings is 1. The molecule has 0 saturated heterocycles. The average molecular weight is 327 g/mol. The fourth-order valence-electron chi connectivity index (χ4n) is 2.82. The van der Waals surface area contributed by atoms with E-state index in [1.54, 1.807) is 7.11 Å². The minimum absolute atomic E-state index is 0. The van der Waals surface area contributed by atoms with Gasteiger partial charge in [-0.15, -0.1) is 12.4 Å². The van der Waals surface area contributed by atoms with E-state index in [-0.39, 0.29) is 23.7 Å². The van der Waals surface area contributed by atoms with E-state index in [1.165, 1.54) is 0 Å². The summed E-state index contributed by atoms with van der Waals surface area (Å²) in [5, 5.41) is 6.38. The minimum atomic E-state index is -0.322. The van der Waals surface area contributed by atoms with Crippen LogP contribution < -0.4 is 15.4 Å². The van der Waals surface area contributed by atoms with Crippen LogP contribution in [0.2, 0.25) is 0 Å². The van der Waals surface area contributed by atoms with Crippen molar-refractivity contribution in [3.8, 4) is 5.75 Å². The lowest BCUT2D eigenvalue weighted by Crippen LogP contribution is -2.50. The van der Waals surface area contributed by atoms with E-state index in [0.717, 1.165) is 50.1 Å². The van der Waals surface area contributed by atoms with Crippen LogP contribution in [-0.4, -0.2) is 32.7 Å². The molecule has 2 N–H and O–H groups in total. The summed E-state index contributed by atoms with van der Waals surface area (Å²) in [5.41, 5.74) is 0.783. The number of carbonyl (C=O) groups excluding carboxylic acids is 1. The van der Waals surface area contributed by atoms with Crippen molar-refractivity contribution in [2.75, 3.05) is 26.7 Å². The van der Waals surface area contributed by atoms with Crippen LogP contribution in [0.3, 0.4) is 0 Å². The molecule has 1 aromatic carbocycles. The van der Waals surface area contributed by atoms with Gasteiger partial charge in [0.15, 0.2) is 0 Å². The first kappa shape index (κ1) is 18.8. The monoisotopic (exact) mass is 326 g/mol. The van der Waals surface area contributed by atoms with E-state index < -0.39 is 0 Å². The summed E-state index contributed by atoms with van der Waals surface area (Å²) < 4.78 is 5.19. The van der Waals surface area contributed by atoms with Crippen LogP contribution in [0.25, 0.3) is 0 Å². The molecule has 1 amide bonds. The zero-order valence-electron chi connectivity index (χ0n) is 13.5. The Morgan fingerprint density at radius 3 is 2.36 bits per heavy atom. The average Bonchev–Trinajstić information content (AvgIpc) is 2.46. The Morgan fingerprint density at radius 1 is 1.18 bits per heavy atom. The van der Waals surface area contributed by atoms with Gasteiger partial charge in [-0.05, 0) is 43.5 Å². The molecule has 0 radical (unpaired) electrons. The normalized spacial score (nSPS) is 15.4. The molecule has 0 aliphatic heterocycles. The number of hydrogen-bond donors (Lipinski definition) is 2. The molecule has 0 aromatic heterocycles. The molecule has 124 valence electrons. The summed E-state index contributed by atoms with van der Waals surface area (Å²) in [6.45, 7) is 4.66. The number of nitrogens with one attached hydrogen (secondary N) is 2. The van der Waals surface area contributed by atoms with Crippen molar-refractivity contribution in [1.29, 1.82) is 0 Å². The highest BCUT2D eigenvalue weighted by Gasteiger charge is 2.45. The summed E-state index contributed by atoms with van der Waals surface area (Å²) >= 11 is 0. The molecular weight excluding hydrogens is 300 g/mol. The van der Waals surface area contributed by atoms with Crippen LogP contribution in [-0.2, 0) is 10.2 Å². The van der Waals surface area contributed by atoms with Gasteiger partial charge in [0.2, 0.25) is 5.91 Å². The van der Waals surface area contributed by atoms with Gasteiger partial charge in [0.1, 0.15) is 5.75 Å². The number of hydrogen-bond acceptors (Lipinski definition) is 3. The highest BCUT2D eigenvalue weighted by Crippen LogP contribution is 2.44. The van der Waals surface area contributed by atoms with E-state index in [9.17, 15) is 4.79 Å². The van der Waals surface area contributed by atoms with Gasteiger partial charge in [0.05, 0.1) is 12.5 Å². The second-order valence-corrected chi connectivity index (χ2v) is 5.67. The Kier molecular flexibility index (Phi) is 7.69. The molecule has 1 aliphatic carbocycles. The predicted octanol–water partition coefficient (Wildman–Crippen LogP) is 2.65. The molecule has 22 heavy (non-hydrogen) atoms. The summed E-state index contributed by atoms with van der Waals surface area (Å²) in [6.07, 6.45) is 4.11. The molecule has 0 spiro atoms. The van der Waals surface area contributed by atoms with Crippen molar-refractivity contribution in [1.82, 2.24) is 10.6 Å². The van der Waals surface area contributed by atoms with Crippen LogP contribution in [0, 0.1) is 0 Å². The Bertz CT molecular complexity index is 458. The second kappa shape index (κ2) is 9.01. The number of halogens is 1. The second-order valence-electron chi connectivity index (χ2n) is 5.67. The highest BCUT2D eigenvalue weighted by atomic mass is 35.5. The zero-order valence-corrected chi connectivity index (χ0v) is 14.3. The van der Waals surface area contributed by atoms with Crippen LogP contribution in [0.4, 0.5) is 0 Å². The molecule has 5 heteroatoms. The van der Waals surface area contributed by atoms with Gasteiger partial charge in [-0.25, -0.2) is 0 Å². The van der Waals surface area contributed by atoms with Gasteiger partial charge < -0.3 is 15.4 Å². The van der Waals surface area contributed by atoms with E-state index in [0.29, 0.717) is 6.54 Å². The molecule has 0 atom stereocenters. The van der Waals surface area contributed by atoms with E-state index in [4.69, 9.17) is 4.74 Å². The van der Waals surface area contributed by atoms with E-state index in [2.05, 4.69) is 17.6 Å². The Morgan fingerprint density at radius 2 is 1.86 bits per heavy atom. The fourth-order valence-corrected chi connectivity index (χ4v) is 2.82. The summed E-state index contributed by atoms with van der Waals surface area (Å²) in [5.74, 6) is 0.995. The third kappa shape index (κ3) is 4.14. The van der Waals surface area contributed by atoms with Crippen molar-refractivity contribution in [2.24, 2.45) is 0 Å². The lowest BCUT2D eigenvalue weighted by molar-refractivity contribution is -0.129. The third-order valence-electron chi connectivity index (χ3n) is 4.30. The lowest BCUT2D eigenvalue weighted by Gasteiger charge is -2.40. The standard InChI is InChI=1S/C17H26N2O2.ClH/c1-3-11-18-12-13-19-16(20)17(9-4-10-17)14-5-7-15(21-2)8-6-14;/h5-8,18H,3-4,9-13H2,1-2H3,(H,19,20);1H. The first-order valence-corrected chi connectivity index (χ1v) is 7.86. The molecular formula is C17H27ClN2O2. The van der Waals surface area contributed by atoms with Gasteiger partial charge >= 0.3 is 0 Å². The van der Waals surface area contributed by atoms with E-state index in [1.807, 2.05) is 24.3 Å². The molecule has 0 heterocycles. The molecule has 1 saturated carbocycles. The minimum Gasteiger partial charge on any atom is -0.497 e. The van der Waals surface area contributed by atoms with Crippen molar-refractivity contribution in [3.63, 3.8) is 0 Å². The Hall–Kier alpha value is -1.26. The van der Waals surface area contributed by atoms with Crippen LogP contribution in [0.5, 0.6) is 5.75 Å². The number of amides is 1. The maximum Gasteiger partial charge on any atom is 0.230 e. The molecule has 1 aromatic rings. The topological polar surface area (TPSA) is 50.4 Å². The molecule has 1 aliphatic rings. The lowest BCUT2D eigenvalue weighted by atomic mass is 9.64. The molecule has 0 bridgehead atoms. The molecule has 2 rings (SSSR count). The molecule has 1 fully saturated rings. The van der Waals surface area contributed by atoms with Crippen LogP contribution in [0.1, 0.15) is 38.2 Å². The van der Waals surface area contributed by atoms with Crippen molar-refractivity contribution in [2.45, 2.75) is 38.0 Å². The summed E-state index contributed by atoms with van der Waals surface area (Å²) in [6, 6.07) is 7.91. The van der Waals surface area contributed by atoms with Crippen molar-refractivity contribution >= 4 is 18.3 Å². The van der Waals surface area contributed by atoms with Gasteiger partial charge in [-0.3, -0.25) is 4.79 Å². The van der Waals surface area contributed by atoms with Gasteiger partial charge in [-0.1, -0.05) is 25.5 Å². The predicted molar refractivity (Wildman–Crippen MR) is 91.9 cm³/mol.